The van der Waals surface area contributed by atoms with E-state index in [9.17, 15) is 4.79 Å². The van der Waals surface area contributed by atoms with Crippen LogP contribution in [-0.2, 0) is 4.79 Å². The minimum atomic E-state index is 0.0505. The summed E-state index contributed by atoms with van der Waals surface area (Å²) in [6.07, 6.45) is 2.10. The number of nitrogens with one attached hydrogen (secondary N) is 4. The highest BCUT2D eigenvalue weighted by Crippen LogP contribution is 2.08. The topological polar surface area (TPSA) is 68.4 Å². The first-order valence-corrected chi connectivity index (χ1v) is 7.52. The van der Waals surface area contributed by atoms with E-state index in [1.807, 2.05) is 4.90 Å². The second kappa shape index (κ2) is 8.47. The molecule has 0 saturated carbocycles. The highest BCUT2D eigenvalue weighted by atomic mass is 16.2. The highest BCUT2D eigenvalue weighted by molar-refractivity contribution is 5.82. The molecule has 0 aromatic rings. The number of carbonyl (C=O) groups is 1. The van der Waals surface area contributed by atoms with E-state index in [0.717, 1.165) is 71.7 Å². The summed E-state index contributed by atoms with van der Waals surface area (Å²) in [6, 6.07) is 0.0505. The van der Waals surface area contributed by atoms with Crippen LogP contribution in [0.2, 0.25) is 0 Å². The predicted octanol–water partition coefficient (Wildman–Crippen LogP) is -1.65. The molecule has 1 atom stereocenters. The Morgan fingerprint density at radius 3 is 1.95 bits per heavy atom. The first-order chi connectivity index (χ1) is 9.38. The van der Waals surface area contributed by atoms with Crippen LogP contribution in [-0.4, -0.2) is 75.8 Å². The Kier molecular flexibility index (Phi) is 6.56. The van der Waals surface area contributed by atoms with Gasteiger partial charge in [-0.05, 0) is 19.4 Å². The third-order valence-corrected chi connectivity index (χ3v) is 3.74. The van der Waals surface area contributed by atoms with Crippen LogP contribution in [0.3, 0.4) is 0 Å². The van der Waals surface area contributed by atoms with Crippen LogP contribution in [0.1, 0.15) is 12.8 Å². The maximum absolute atomic E-state index is 12.4. The Morgan fingerprint density at radius 2 is 1.42 bits per heavy atom. The molecule has 1 amide bonds. The van der Waals surface area contributed by atoms with Gasteiger partial charge in [-0.15, -0.1) is 0 Å². The third kappa shape index (κ3) is 5.06. The molecule has 6 nitrogen and oxygen atoms in total. The van der Waals surface area contributed by atoms with Crippen LogP contribution >= 0.6 is 0 Å². The van der Waals surface area contributed by atoms with E-state index < -0.39 is 0 Å². The predicted molar refractivity (Wildman–Crippen MR) is 76.2 cm³/mol. The molecule has 0 radical (unpaired) electrons. The maximum atomic E-state index is 12.4. The Balaban J connectivity index is 1.81. The summed E-state index contributed by atoms with van der Waals surface area (Å²) < 4.78 is 0. The lowest BCUT2D eigenvalue weighted by atomic mass is 10.2. The summed E-state index contributed by atoms with van der Waals surface area (Å²) in [7, 11) is 0. The summed E-state index contributed by atoms with van der Waals surface area (Å²) in [5, 5.41) is 13.4. The molecule has 0 aromatic heterocycles. The van der Waals surface area contributed by atoms with Crippen LogP contribution in [0, 0.1) is 0 Å². The van der Waals surface area contributed by atoms with Crippen molar-refractivity contribution < 1.29 is 4.79 Å². The fraction of sp³-hybridized carbons (Fsp3) is 0.923. The van der Waals surface area contributed by atoms with Crippen LogP contribution in [0.15, 0.2) is 0 Å². The molecule has 0 aromatic carbocycles. The molecule has 2 aliphatic rings. The van der Waals surface area contributed by atoms with Crippen LogP contribution in [0.5, 0.6) is 0 Å². The van der Waals surface area contributed by atoms with Crippen molar-refractivity contribution >= 4 is 5.91 Å². The quantitative estimate of drug-likeness (QED) is 0.459. The largest absolute Gasteiger partial charge is 0.339 e. The lowest BCUT2D eigenvalue weighted by molar-refractivity contribution is -0.133. The number of carbonyl (C=O) groups excluding carboxylic acids is 1. The zero-order chi connectivity index (χ0) is 13.3. The van der Waals surface area contributed by atoms with Crippen LogP contribution in [0.25, 0.3) is 0 Å². The van der Waals surface area contributed by atoms with E-state index in [0.29, 0.717) is 0 Å². The molecule has 0 unspecified atom stereocenters. The van der Waals surface area contributed by atoms with Crippen molar-refractivity contribution in [3.8, 4) is 0 Å². The molecule has 2 heterocycles. The molecule has 6 heteroatoms. The van der Waals surface area contributed by atoms with E-state index >= 15 is 0 Å². The van der Waals surface area contributed by atoms with Crippen molar-refractivity contribution in [2.45, 2.75) is 18.9 Å². The molecule has 110 valence electrons. The number of hydrogen-bond acceptors (Lipinski definition) is 5. The van der Waals surface area contributed by atoms with Gasteiger partial charge < -0.3 is 26.2 Å². The molecule has 4 N–H and O–H groups in total. The molecule has 2 rings (SSSR count). The van der Waals surface area contributed by atoms with Crippen LogP contribution in [0.4, 0.5) is 0 Å². The van der Waals surface area contributed by atoms with E-state index in [1.165, 1.54) is 0 Å². The molecule has 2 fully saturated rings. The molecule has 2 saturated heterocycles. The van der Waals surface area contributed by atoms with Gasteiger partial charge in [0, 0.05) is 52.4 Å². The van der Waals surface area contributed by atoms with Crippen molar-refractivity contribution in [2.75, 3.05) is 58.9 Å². The van der Waals surface area contributed by atoms with Gasteiger partial charge in [0.05, 0.1) is 6.04 Å². The van der Waals surface area contributed by atoms with Crippen molar-refractivity contribution in [2.24, 2.45) is 0 Å². The first kappa shape index (κ1) is 14.7. The van der Waals surface area contributed by atoms with Gasteiger partial charge in [-0.3, -0.25) is 4.79 Å². The van der Waals surface area contributed by atoms with Gasteiger partial charge in [-0.2, -0.15) is 0 Å². The Morgan fingerprint density at radius 1 is 0.842 bits per heavy atom. The summed E-state index contributed by atoms with van der Waals surface area (Å²) >= 11 is 0. The Labute approximate surface area is 115 Å². The average Bonchev–Trinajstić information content (AvgIpc) is 2.92. The summed E-state index contributed by atoms with van der Waals surface area (Å²) in [6.45, 7) is 8.23. The van der Waals surface area contributed by atoms with E-state index in [-0.39, 0.29) is 11.9 Å². The Bertz CT molecular complexity index is 256. The van der Waals surface area contributed by atoms with Crippen molar-refractivity contribution in [3.05, 3.63) is 0 Å². The molecular weight excluding hydrogens is 242 g/mol. The van der Waals surface area contributed by atoms with E-state index in [2.05, 4.69) is 21.3 Å². The van der Waals surface area contributed by atoms with Gasteiger partial charge >= 0.3 is 0 Å². The second-order valence-corrected chi connectivity index (χ2v) is 5.22. The SMILES string of the molecule is O=C([C@H]1CCCN1)N1CCNCCNCCNCC1. The smallest absolute Gasteiger partial charge is 0.239 e. The fourth-order valence-corrected chi connectivity index (χ4v) is 2.60. The third-order valence-electron chi connectivity index (χ3n) is 3.74. The zero-order valence-corrected chi connectivity index (χ0v) is 11.7. The van der Waals surface area contributed by atoms with Gasteiger partial charge in [0.15, 0.2) is 0 Å². The van der Waals surface area contributed by atoms with Gasteiger partial charge in [0.1, 0.15) is 0 Å². The standard InChI is InChI=1S/C13H27N5O/c19-13(12-2-1-3-17-12)18-10-8-15-6-4-14-5-7-16-9-11-18/h12,14-17H,1-11H2/t12-/m1/s1. The van der Waals surface area contributed by atoms with Gasteiger partial charge in [0.2, 0.25) is 5.91 Å². The van der Waals surface area contributed by atoms with E-state index in [4.69, 9.17) is 0 Å². The lowest BCUT2D eigenvalue weighted by Gasteiger charge is -2.26. The monoisotopic (exact) mass is 269 g/mol. The zero-order valence-electron chi connectivity index (χ0n) is 11.7. The average molecular weight is 269 g/mol. The summed E-state index contributed by atoms with van der Waals surface area (Å²) in [5.41, 5.74) is 0. The molecule has 19 heavy (non-hydrogen) atoms. The minimum Gasteiger partial charge on any atom is -0.339 e. The normalized spacial score (nSPS) is 27.6. The van der Waals surface area contributed by atoms with Gasteiger partial charge in [0.25, 0.3) is 0 Å². The summed E-state index contributed by atoms with van der Waals surface area (Å²) in [4.78, 5) is 14.4. The van der Waals surface area contributed by atoms with Crippen LogP contribution < -0.4 is 21.3 Å². The second-order valence-electron chi connectivity index (χ2n) is 5.22. The van der Waals surface area contributed by atoms with Crippen molar-refractivity contribution in [1.82, 2.24) is 26.2 Å². The van der Waals surface area contributed by atoms with Gasteiger partial charge in [-0.25, -0.2) is 0 Å². The molecular formula is C13H27N5O. The fourth-order valence-electron chi connectivity index (χ4n) is 2.60. The molecule has 0 aliphatic carbocycles. The molecule has 0 spiro atoms. The van der Waals surface area contributed by atoms with Crippen molar-refractivity contribution in [1.29, 1.82) is 0 Å². The van der Waals surface area contributed by atoms with Crippen molar-refractivity contribution in [3.63, 3.8) is 0 Å². The van der Waals surface area contributed by atoms with E-state index in [1.54, 1.807) is 0 Å². The minimum absolute atomic E-state index is 0.0505. The van der Waals surface area contributed by atoms with Gasteiger partial charge in [-0.1, -0.05) is 0 Å². The first-order valence-electron chi connectivity index (χ1n) is 7.52. The molecule has 2 aliphatic heterocycles. The number of nitrogens with zero attached hydrogens (tertiary/aromatic N) is 1. The molecule has 0 bridgehead atoms. The number of amides is 1. The maximum Gasteiger partial charge on any atom is 0.239 e. The number of hydrogen-bond donors (Lipinski definition) is 4. The number of rotatable bonds is 1. The highest BCUT2D eigenvalue weighted by Gasteiger charge is 2.26. The summed E-state index contributed by atoms with van der Waals surface area (Å²) in [5.74, 6) is 0.274. The lowest BCUT2D eigenvalue weighted by Crippen LogP contribution is -2.49. The Hall–Kier alpha value is -0.690.